The van der Waals surface area contributed by atoms with Crippen LogP contribution in [0.5, 0.6) is 0 Å². The van der Waals surface area contributed by atoms with Crippen LogP contribution in [0.15, 0.2) is 29.3 Å². The van der Waals surface area contributed by atoms with Crippen LogP contribution >= 0.6 is 11.3 Å². The van der Waals surface area contributed by atoms with E-state index in [2.05, 4.69) is 4.98 Å². The van der Waals surface area contributed by atoms with E-state index < -0.39 is 5.82 Å². The summed E-state index contributed by atoms with van der Waals surface area (Å²) in [5, 5.41) is 0.592. The third-order valence-corrected chi connectivity index (χ3v) is 2.85. The van der Waals surface area contributed by atoms with Gasteiger partial charge >= 0.3 is 0 Å². The highest BCUT2D eigenvalue weighted by Gasteiger charge is 2.04. The van der Waals surface area contributed by atoms with E-state index in [-0.39, 0.29) is 12.1 Å². The van der Waals surface area contributed by atoms with Gasteiger partial charge in [0.1, 0.15) is 10.8 Å². The van der Waals surface area contributed by atoms with E-state index in [1.54, 1.807) is 0 Å². The van der Waals surface area contributed by atoms with Gasteiger partial charge in [-0.3, -0.25) is 9.59 Å². The van der Waals surface area contributed by atoms with E-state index >= 15 is 0 Å². The number of carbonyl (C=O) groups is 1. The standard InChI is InChI=1S/C10H7FN2O2S/c11-7-1-2-10(15)13(4-7)5-9-12-3-8(6-14)16-9/h1-4,6H,5H2. The van der Waals surface area contributed by atoms with Crippen molar-refractivity contribution in [3.8, 4) is 0 Å². The molecule has 0 aromatic carbocycles. The first-order chi connectivity index (χ1) is 7.69. The molecule has 0 spiro atoms. The van der Waals surface area contributed by atoms with Gasteiger partial charge in [0.15, 0.2) is 6.29 Å². The SMILES string of the molecule is O=Cc1cnc(Cn2cc(F)ccc2=O)s1. The number of aldehydes is 1. The average molecular weight is 238 g/mol. The molecular formula is C10H7FN2O2S. The van der Waals surface area contributed by atoms with Gasteiger partial charge in [0, 0.05) is 18.5 Å². The van der Waals surface area contributed by atoms with Gasteiger partial charge in [-0.2, -0.15) is 0 Å². The largest absolute Gasteiger partial charge is 0.306 e. The van der Waals surface area contributed by atoms with Crippen molar-refractivity contribution >= 4 is 17.6 Å². The van der Waals surface area contributed by atoms with Crippen LogP contribution < -0.4 is 5.56 Å². The second-order valence-corrected chi connectivity index (χ2v) is 4.23. The minimum Gasteiger partial charge on any atom is -0.306 e. The first kappa shape index (κ1) is 10.7. The summed E-state index contributed by atoms with van der Waals surface area (Å²) in [6.07, 6.45) is 3.23. The Morgan fingerprint density at radius 2 is 2.31 bits per heavy atom. The minimum atomic E-state index is -0.480. The Hall–Kier alpha value is -1.82. The molecule has 0 aliphatic heterocycles. The first-order valence-corrected chi connectivity index (χ1v) is 5.26. The fourth-order valence-corrected chi connectivity index (χ4v) is 1.96. The summed E-state index contributed by atoms with van der Waals surface area (Å²) in [6, 6.07) is 2.26. The van der Waals surface area contributed by atoms with Gasteiger partial charge in [-0.15, -0.1) is 11.3 Å². The third kappa shape index (κ3) is 2.22. The van der Waals surface area contributed by atoms with E-state index in [0.29, 0.717) is 16.2 Å². The van der Waals surface area contributed by atoms with Gasteiger partial charge in [0.05, 0.1) is 11.4 Å². The molecule has 2 aromatic heterocycles. The molecule has 0 N–H and O–H groups in total. The Bertz CT molecular complexity index is 576. The van der Waals surface area contributed by atoms with E-state index in [0.717, 1.165) is 18.3 Å². The molecule has 16 heavy (non-hydrogen) atoms. The summed E-state index contributed by atoms with van der Waals surface area (Å²) >= 11 is 1.18. The van der Waals surface area contributed by atoms with Crippen molar-refractivity contribution in [1.82, 2.24) is 9.55 Å². The van der Waals surface area contributed by atoms with Crippen molar-refractivity contribution in [2.75, 3.05) is 0 Å². The van der Waals surface area contributed by atoms with Gasteiger partial charge < -0.3 is 4.57 Å². The smallest absolute Gasteiger partial charge is 0.251 e. The summed E-state index contributed by atoms with van der Waals surface area (Å²) in [5.74, 6) is -0.480. The number of carbonyl (C=O) groups excluding carboxylic acids is 1. The van der Waals surface area contributed by atoms with Gasteiger partial charge in [0.2, 0.25) is 0 Å². The van der Waals surface area contributed by atoms with Crippen molar-refractivity contribution < 1.29 is 9.18 Å². The van der Waals surface area contributed by atoms with Crippen molar-refractivity contribution in [2.24, 2.45) is 0 Å². The maximum absolute atomic E-state index is 12.9. The summed E-state index contributed by atoms with van der Waals surface area (Å²) in [5.41, 5.74) is -0.302. The highest BCUT2D eigenvalue weighted by Crippen LogP contribution is 2.11. The monoisotopic (exact) mass is 238 g/mol. The highest BCUT2D eigenvalue weighted by atomic mass is 32.1. The molecule has 0 radical (unpaired) electrons. The lowest BCUT2D eigenvalue weighted by Gasteiger charge is -2.01. The predicted molar refractivity (Wildman–Crippen MR) is 57.3 cm³/mol. The van der Waals surface area contributed by atoms with Crippen LogP contribution in [0.4, 0.5) is 4.39 Å². The predicted octanol–water partition coefficient (Wildman–Crippen LogP) is 1.30. The number of hydrogen-bond acceptors (Lipinski definition) is 4. The lowest BCUT2D eigenvalue weighted by atomic mass is 10.4. The van der Waals surface area contributed by atoms with Gasteiger partial charge in [0.25, 0.3) is 5.56 Å². The van der Waals surface area contributed by atoms with E-state index in [1.165, 1.54) is 22.1 Å². The average Bonchev–Trinajstić information content (AvgIpc) is 2.71. The third-order valence-electron chi connectivity index (χ3n) is 1.94. The molecule has 0 fully saturated rings. The Morgan fingerprint density at radius 1 is 1.50 bits per heavy atom. The lowest BCUT2D eigenvalue weighted by molar-refractivity contribution is 0.112. The van der Waals surface area contributed by atoms with Crippen LogP contribution in [-0.4, -0.2) is 15.8 Å². The molecule has 2 rings (SSSR count). The normalized spacial score (nSPS) is 10.3. The van der Waals surface area contributed by atoms with E-state index in [9.17, 15) is 14.0 Å². The molecule has 0 saturated carbocycles. The van der Waals surface area contributed by atoms with Crippen molar-refractivity contribution in [1.29, 1.82) is 0 Å². The van der Waals surface area contributed by atoms with Crippen LogP contribution in [-0.2, 0) is 6.54 Å². The molecule has 0 aliphatic carbocycles. The second-order valence-electron chi connectivity index (χ2n) is 3.09. The molecule has 2 heterocycles. The molecule has 0 bridgehead atoms. The molecule has 6 heteroatoms. The van der Waals surface area contributed by atoms with Crippen LogP contribution in [0.25, 0.3) is 0 Å². The summed E-state index contributed by atoms with van der Waals surface area (Å²) in [6.45, 7) is 0.176. The maximum atomic E-state index is 12.9. The number of halogens is 1. The topological polar surface area (TPSA) is 52.0 Å². The summed E-state index contributed by atoms with van der Waals surface area (Å²) < 4.78 is 14.1. The zero-order valence-corrected chi connectivity index (χ0v) is 8.91. The number of aromatic nitrogens is 2. The van der Waals surface area contributed by atoms with Crippen molar-refractivity contribution in [2.45, 2.75) is 6.54 Å². The molecule has 0 unspecified atom stereocenters. The van der Waals surface area contributed by atoms with Crippen LogP contribution in [0.2, 0.25) is 0 Å². The number of thiazole rings is 1. The van der Waals surface area contributed by atoms with E-state index in [4.69, 9.17) is 0 Å². The zero-order valence-electron chi connectivity index (χ0n) is 8.09. The number of rotatable bonds is 3. The van der Waals surface area contributed by atoms with Crippen LogP contribution in [0, 0.1) is 5.82 Å². The zero-order chi connectivity index (χ0) is 11.5. The van der Waals surface area contributed by atoms with Gasteiger partial charge in [-0.1, -0.05) is 0 Å². The summed E-state index contributed by atoms with van der Waals surface area (Å²) in [7, 11) is 0. The van der Waals surface area contributed by atoms with Crippen molar-refractivity contribution in [3.05, 3.63) is 50.6 Å². The lowest BCUT2D eigenvalue weighted by Crippen LogP contribution is -2.19. The Kier molecular flexibility index (Phi) is 2.91. The highest BCUT2D eigenvalue weighted by molar-refractivity contribution is 7.13. The molecule has 0 saturated heterocycles. The summed E-state index contributed by atoms with van der Waals surface area (Å²) in [4.78, 5) is 26.2. The molecule has 82 valence electrons. The first-order valence-electron chi connectivity index (χ1n) is 4.45. The second kappa shape index (κ2) is 4.36. The molecule has 2 aromatic rings. The molecule has 4 nitrogen and oxygen atoms in total. The maximum Gasteiger partial charge on any atom is 0.251 e. The number of pyridine rings is 1. The van der Waals surface area contributed by atoms with Crippen LogP contribution in [0.1, 0.15) is 14.7 Å². The Balaban J connectivity index is 2.29. The number of nitrogens with zero attached hydrogens (tertiary/aromatic N) is 2. The molecule has 0 atom stereocenters. The van der Waals surface area contributed by atoms with Gasteiger partial charge in [-0.05, 0) is 6.07 Å². The molecule has 0 aliphatic rings. The Morgan fingerprint density at radius 3 is 3.00 bits per heavy atom. The quantitative estimate of drug-likeness (QED) is 0.757. The number of hydrogen-bond donors (Lipinski definition) is 0. The van der Waals surface area contributed by atoms with E-state index in [1.807, 2.05) is 0 Å². The fraction of sp³-hybridized carbons (Fsp3) is 0.100. The van der Waals surface area contributed by atoms with Gasteiger partial charge in [-0.25, -0.2) is 9.37 Å². The minimum absolute atomic E-state index is 0.176. The molecular weight excluding hydrogens is 231 g/mol. The fourth-order valence-electron chi connectivity index (χ4n) is 1.22. The molecule has 0 amide bonds. The van der Waals surface area contributed by atoms with Crippen molar-refractivity contribution in [3.63, 3.8) is 0 Å². The Labute approximate surface area is 94.0 Å². The van der Waals surface area contributed by atoms with Crippen LogP contribution in [0.3, 0.4) is 0 Å².